The average Bonchev–Trinajstić information content (AvgIpc) is 2.52. The summed E-state index contributed by atoms with van der Waals surface area (Å²) in [5.41, 5.74) is 2.36. The van der Waals surface area contributed by atoms with E-state index in [1.54, 1.807) is 43.3 Å². The first-order valence-corrected chi connectivity index (χ1v) is 6.10. The molecule has 0 aliphatic carbocycles. The van der Waals surface area contributed by atoms with Crippen molar-refractivity contribution in [1.82, 2.24) is 4.98 Å². The normalized spacial score (nSPS) is 12.0. The number of aromatic nitrogens is 1. The summed E-state index contributed by atoms with van der Waals surface area (Å²) in [7, 11) is 0. The fourth-order valence-corrected chi connectivity index (χ4v) is 1.90. The zero-order valence-corrected chi connectivity index (χ0v) is 11.3. The quantitative estimate of drug-likeness (QED) is 0.307. The Kier molecular flexibility index (Phi) is 4.36. The Balaban J connectivity index is 2.58. The van der Waals surface area contributed by atoms with Crippen molar-refractivity contribution in [1.29, 1.82) is 5.26 Å². The third-order valence-electron chi connectivity index (χ3n) is 2.89. The summed E-state index contributed by atoms with van der Waals surface area (Å²) in [6.07, 6.45) is 1.39. The average molecular weight is 281 g/mol. The van der Waals surface area contributed by atoms with E-state index in [9.17, 15) is 4.39 Å². The van der Waals surface area contributed by atoms with Gasteiger partial charge >= 0.3 is 0 Å². The second kappa shape index (κ2) is 6.39. The molecular formula is C15H12FN5. The van der Waals surface area contributed by atoms with E-state index in [4.69, 9.17) is 11.1 Å². The van der Waals surface area contributed by atoms with Crippen molar-refractivity contribution in [3.63, 3.8) is 0 Å². The third kappa shape index (κ3) is 3.09. The van der Waals surface area contributed by atoms with Crippen molar-refractivity contribution < 1.29 is 4.39 Å². The first kappa shape index (κ1) is 14.3. The van der Waals surface area contributed by atoms with Crippen molar-refractivity contribution in [2.45, 2.75) is 6.92 Å². The molecule has 0 unspecified atom stereocenters. The molecule has 21 heavy (non-hydrogen) atoms. The molecule has 0 bridgehead atoms. The maximum Gasteiger partial charge on any atom is 0.220 e. The standard InChI is InChI=1S/C15H12FN5/c1-10(9-17)14(20-21-18)12-5-2-4-11(8-12)13-6-3-7-19-15(13)16/h2-8H,1H3,(H2,18,20)/b14-10+. The number of hydrogen-bond donors (Lipinski definition) is 1. The van der Waals surface area contributed by atoms with Gasteiger partial charge < -0.3 is 5.84 Å². The fraction of sp³-hybridized carbons (Fsp3) is 0.0667. The fourth-order valence-electron chi connectivity index (χ4n) is 1.90. The molecule has 0 saturated carbocycles. The molecule has 2 aromatic rings. The minimum Gasteiger partial charge on any atom is -0.305 e. The van der Waals surface area contributed by atoms with Crippen LogP contribution in [0, 0.1) is 17.3 Å². The molecule has 0 aliphatic heterocycles. The lowest BCUT2D eigenvalue weighted by molar-refractivity contribution is 0.587. The molecule has 0 atom stereocenters. The van der Waals surface area contributed by atoms with Crippen LogP contribution in [0.25, 0.3) is 16.8 Å². The zero-order chi connectivity index (χ0) is 15.2. The molecule has 2 N–H and O–H groups in total. The van der Waals surface area contributed by atoms with Crippen molar-refractivity contribution in [2.75, 3.05) is 0 Å². The predicted molar refractivity (Wildman–Crippen MR) is 76.9 cm³/mol. The number of allylic oxidation sites excluding steroid dienone is 1. The van der Waals surface area contributed by atoms with Gasteiger partial charge in [0.25, 0.3) is 0 Å². The van der Waals surface area contributed by atoms with Crippen molar-refractivity contribution in [2.24, 2.45) is 16.2 Å². The molecule has 1 heterocycles. The van der Waals surface area contributed by atoms with Crippen LogP contribution in [0.5, 0.6) is 0 Å². The molecule has 0 fully saturated rings. The van der Waals surface area contributed by atoms with Crippen LogP contribution in [0.1, 0.15) is 12.5 Å². The number of benzene rings is 1. The Morgan fingerprint density at radius 3 is 2.81 bits per heavy atom. The Bertz CT molecular complexity index is 759. The molecule has 6 heteroatoms. The second-order valence-corrected chi connectivity index (χ2v) is 4.22. The number of rotatable bonds is 3. The molecule has 0 aliphatic rings. The van der Waals surface area contributed by atoms with E-state index in [1.807, 2.05) is 6.07 Å². The summed E-state index contributed by atoms with van der Waals surface area (Å²) >= 11 is 0. The van der Waals surface area contributed by atoms with Crippen LogP contribution in [0.4, 0.5) is 4.39 Å². The van der Waals surface area contributed by atoms with Gasteiger partial charge in [0.1, 0.15) is 5.70 Å². The van der Waals surface area contributed by atoms with E-state index < -0.39 is 5.95 Å². The monoisotopic (exact) mass is 281 g/mol. The van der Waals surface area contributed by atoms with Crippen LogP contribution in [-0.4, -0.2) is 4.98 Å². The lowest BCUT2D eigenvalue weighted by Gasteiger charge is -2.06. The molecule has 1 aromatic heterocycles. The summed E-state index contributed by atoms with van der Waals surface area (Å²) < 4.78 is 13.7. The van der Waals surface area contributed by atoms with Crippen molar-refractivity contribution >= 4 is 5.70 Å². The van der Waals surface area contributed by atoms with E-state index in [2.05, 4.69) is 15.3 Å². The summed E-state index contributed by atoms with van der Waals surface area (Å²) in [5.74, 6) is 4.52. The zero-order valence-electron chi connectivity index (χ0n) is 11.3. The summed E-state index contributed by atoms with van der Waals surface area (Å²) in [5, 5.41) is 16.0. The summed E-state index contributed by atoms with van der Waals surface area (Å²) in [6.45, 7) is 1.61. The van der Waals surface area contributed by atoms with Gasteiger partial charge in [-0.25, -0.2) is 4.98 Å². The minimum atomic E-state index is -0.558. The van der Waals surface area contributed by atoms with Gasteiger partial charge in [0, 0.05) is 17.3 Å². The Morgan fingerprint density at radius 2 is 2.14 bits per heavy atom. The molecule has 1 aromatic carbocycles. The molecule has 0 saturated heterocycles. The van der Waals surface area contributed by atoms with E-state index in [0.29, 0.717) is 28.0 Å². The number of nitriles is 1. The van der Waals surface area contributed by atoms with Gasteiger partial charge in [-0.3, -0.25) is 0 Å². The molecule has 0 amide bonds. The van der Waals surface area contributed by atoms with E-state index >= 15 is 0 Å². The van der Waals surface area contributed by atoms with Crippen LogP contribution < -0.4 is 5.84 Å². The van der Waals surface area contributed by atoms with Gasteiger partial charge in [-0.05, 0) is 30.7 Å². The number of nitrogens with two attached hydrogens (primary N) is 1. The Labute approximate surface area is 121 Å². The predicted octanol–water partition coefficient (Wildman–Crippen LogP) is 3.47. The van der Waals surface area contributed by atoms with Gasteiger partial charge in [-0.1, -0.05) is 23.4 Å². The molecule has 2 rings (SSSR count). The number of pyridine rings is 1. The number of nitrogens with zero attached hydrogens (tertiary/aromatic N) is 4. The second-order valence-electron chi connectivity index (χ2n) is 4.22. The molecular weight excluding hydrogens is 269 g/mol. The lowest BCUT2D eigenvalue weighted by atomic mass is 10.0. The van der Waals surface area contributed by atoms with Crippen LogP contribution in [0.2, 0.25) is 0 Å². The van der Waals surface area contributed by atoms with Gasteiger partial charge in [0.2, 0.25) is 5.95 Å². The Hall–Kier alpha value is -3.07. The van der Waals surface area contributed by atoms with Crippen LogP contribution in [-0.2, 0) is 0 Å². The maximum absolute atomic E-state index is 13.7. The highest BCUT2D eigenvalue weighted by Crippen LogP contribution is 2.27. The Morgan fingerprint density at radius 1 is 1.33 bits per heavy atom. The minimum absolute atomic E-state index is 0.353. The molecule has 0 spiro atoms. The van der Waals surface area contributed by atoms with Crippen LogP contribution in [0.3, 0.4) is 0 Å². The number of hydrogen-bond acceptors (Lipinski definition) is 4. The summed E-state index contributed by atoms with van der Waals surface area (Å²) in [6, 6.07) is 12.3. The van der Waals surface area contributed by atoms with Crippen molar-refractivity contribution in [3.8, 4) is 17.2 Å². The smallest absolute Gasteiger partial charge is 0.220 e. The van der Waals surface area contributed by atoms with Gasteiger partial charge in [0.15, 0.2) is 0 Å². The highest BCUT2D eigenvalue weighted by molar-refractivity contribution is 5.74. The van der Waals surface area contributed by atoms with Gasteiger partial charge in [-0.2, -0.15) is 9.65 Å². The third-order valence-corrected chi connectivity index (χ3v) is 2.89. The maximum atomic E-state index is 13.7. The lowest BCUT2D eigenvalue weighted by Crippen LogP contribution is -1.91. The molecule has 104 valence electrons. The first-order chi connectivity index (χ1) is 10.2. The first-order valence-electron chi connectivity index (χ1n) is 6.10. The van der Waals surface area contributed by atoms with E-state index in [0.717, 1.165) is 0 Å². The van der Waals surface area contributed by atoms with Gasteiger partial charge in [-0.15, -0.1) is 5.11 Å². The SMILES string of the molecule is C/C(C#N)=C(\N=N/N)c1cccc(-c2cccnc2F)c1. The van der Waals surface area contributed by atoms with Crippen LogP contribution in [0.15, 0.2) is 58.5 Å². The number of halogens is 1. The van der Waals surface area contributed by atoms with Crippen LogP contribution >= 0.6 is 0 Å². The highest BCUT2D eigenvalue weighted by atomic mass is 19.1. The van der Waals surface area contributed by atoms with Crippen molar-refractivity contribution in [3.05, 3.63) is 59.7 Å². The van der Waals surface area contributed by atoms with E-state index in [1.165, 1.54) is 6.20 Å². The highest BCUT2D eigenvalue weighted by Gasteiger charge is 2.10. The largest absolute Gasteiger partial charge is 0.305 e. The molecule has 0 radical (unpaired) electrons. The van der Waals surface area contributed by atoms with E-state index in [-0.39, 0.29) is 0 Å². The topological polar surface area (TPSA) is 87.4 Å². The molecule has 5 nitrogen and oxygen atoms in total. The summed E-state index contributed by atoms with van der Waals surface area (Å²) in [4.78, 5) is 3.62. The van der Waals surface area contributed by atoms with Gasteiger partial charge in [0.05, 0.1) is 11.6 Å².